The van der Waals surface area contributed by atoms with E-state index in [2.05, 4.69) is 44.8 Å². The summed E-state index contributed by atoms with van der Waals surface area (Å²) in [6.45, 7) is 3.76. The summed E-state index contributed by atoms with van der Waals surface area (Å²) >= 11 is 4.95. The smallest absolute Gasteiger partial charge is 0.280 e. The van der Waals surface area contributed by atoms with Crippen molar-refractivity contribution in [1.29, 1.82) is 0 Å². The highest BCUT2D eigenvalue weighted by Crippen LogP contribution is 2.21. The zero-order chi connectivity index (χ0) is 18.8. The Kier molecular flexibility index (Phi) is 4.96. The summed E-state index contributed by atoms with van der Waals surface area (Å²) in [6.07, 6.45) is 5.38. The first-order valence-corrected chi connectivity index (χ1v) is 10.00. The normalized spacial score (nSPS) is 11.0. The molecule has 0 fully saturated rings. The van der Waals surface area contributed by atoms with E-state index in [1.165, 1.54) is 5.56 Å². The van der Waals surface area contributed by atoms with Gasteiger partial charge in [0, 0.05) is 28.3 Å². The van der Waals surface area contributed by atoms with Gasteiger partial charge in [0.05, 0.1) is 0 Å². The summed E-state index contributed by atoms with van der Waals surface area (Å²) in [5, 5.41) is 8.98. The molecule has 0 amide bonds. The van der Waals surface area contributed by atoms with Crippen LogP contribution in [0.25, 0.3) is 17.4 Å². The summed E-state index contributed by atoms with van der Waals surface area (Å²) in [5.41, 5.74) is 3.15. The van der Waals surface area contributed by atoms with Crippen molar-refractivity contribution in [3.05, 3.63) is 93.5 Å². The Labute approximate surface area is 168 Å². The molecule has 0 spiro atoms. The molecule has 0 aliphatic heterocycles. The Balaban J connectivity index is 1.61. The van der Waals surface area contributed by atoms with Crippen LogP contribution in [0, 0.1) is 0 Å². The number of benzene rings is 2. The van der Waals surface area contributed by atoms with Gasteiger partial charge in [-0.05, 0) is 35.4 Å². The average Bonchev–Trinajstić information content (AvgIpc) is 3.12. The van der Waals surface area contributed by atoms with Crippen LogP contribution in [0.4, 0.5) is 0 Å². The minimum atomic E-state index is -0.200. The highest BCUT2D eigenvalue weighted by atomic mass is 79.9. The van der Waals surface area contributed by atoms with Gasteiger partial charge >= 0.3 is 5.56 Å². The zero-order valence-electron chi connectivity index (χ0n) is 14.2. The summed E-state index contributed by atoms with van der Waals surface area (Å²) < 4.78 is 4.27. The largest absolute Gasteiger partial charge is 0.300 e. The van der Waals surface area contributed by atoms with Gasteiger partial charge in [0.2, 0.25) is 5.65 Å². The predicted molar refractivity (Wildman–Crippen MR) is 112 cm³/mol. The first kappa shape index (κ1) is 17.8. The van der Waals surface area contributed by atoms with Crippen molar-refractivity contribution in [2.24, 2.45) is 0 Å². The van der Waals surface area contributed by atoms with Crippen LogP contribution >= 0.6 is 27.7 Å². The van der Waals surface area contributed by atoms with E-state index in [-0.39, 0.29) is 5.56 Å². The van der Waals surface area contributed by atoms with Gasteiger partial charge in [0.25, 0.3) is 0 Å². The minimum absolute atomic E-state index is 0.200. The fourth-order valence-electron chi connectivity index (χ4n) is 2.67. The van der Waals surface area contributed by atoms with Crippen molar-refractivity contribution in [3.63, 3.8) is 0 Å². The molecular weight excluding hydrogens is 424 g/mol. The fourth-order valence-corrected chi connectivity index (χ4v) is 3.80. The zero-order valence-corrected chi connectivity index (χ0v) is 16.7. The van der Waals surface area contributed by atoms with Crippen molar-refractivity contribution in [2.75, 3.05) is 0 Å². The molecule has 0 aliphatic rings. The lowest BCUT2D eigenvalue weighted by molar-refractivity contribution is 0.893. The van der Waals surface area contributed by atoms with Crippen LogP contribution in [-0.2, 0) is 5.75 Å². The van der Waals surface area contributed by atoms with Gasteiger partial charge in [0.15, 0.2) is 5.16 Å². The van der Waals surface area contributed by atoms with Gasteiger partial charge in [-0.1, -0.05) is 64.6 Å². The third-order valence-corrected chi connectivity index (χ3v) is 5.67. The molecule has 7 heteroatoms. The number of rotatable bonds is 5. The molecule has 0 N–H and O–H groups in total. The topological polar surface area (TPSA) is 52.2 Å². The number of fused-ring (bicyclic) bond motifs is 1. The van der Waals surface area contributed by atoms with Crippen molar-refractivity contribution in [1.82, 2.24) is 19.2 Å². The van der Waals surface area contributed by atoms with E-state index in [1.807, 2.05) is 48.7 Å². The maximum atomic E-state index is 12.8. The molecule has 0 saturated heterocycles. The van der Waals surface area contributed by atoms with Crippen LogP contribution < -0.4 is 5.56 Å². The number of nitrogens with zero attached hydrogens (tertiary/aromatic N) is 4. The maximum Gasteiger partial charge on any atom is 0.300 e. The SMILES string of the molecule is C=Cc1ccc(CSc2nnc3c(=O)n(-c4ccc(Br)cc4)ccn23)cc1. The molecule has 2 aromatic carbocycles. The molecule has 0 bridgehead atoms. The van der Waals surface area contributed by atoms with Crippen molar-refractivity contribution in [3.8, 4) is 5.69 Å². The highest BCUT2D eigenvalue weighted by Gasteiger charge is 2.12. The van der Waals surface area contributed by atoms with Crippen LogP contribution in [0.5, 0.6) is 0 Å². The Morgan fingerprint density at radius 3 is 2.48 bits per heavy atom. The lowest BCUT2D eigenvalue weighted by atomic mass is 10.1. The van der Waals surface area contributed by atoms with Gasteiger partial charge in [-0.2, -0.15) is 0 Å². The molecule has 4 aromatic rings. The molecule has 5 nitrogen and oxygen atoms in total. The Bertz CT molecular complexity index is 1160. The van der Waals surface area contributed by atoms with Gasteiger partial charge < -0.3 is 0 Å². The first-order chi connectivity index (χ1) is 13.2. The number of hydrogen-bond donors (Lipinski definition) is 0. The summed E-state index contributed by atoms with van der Waals surface area (Å²) in [7, 11) is 0. The lowest BCUT2D eigenvalue weighted by Crippen LogP contribution is -2.20. The van der Waals surface area contributed by atoms with E-state index in [1.54, 1.807) is 26.9 Å². The van der Waals surface area contributed by atoms with E-state index in [0.29, 0.717) is 10.8 Å². The van der Waals surface area contributed by atoms with Crippen molar-refractivity contribution in [2.45, 2.75) is 10.9 Å². The average molecular weight is 439 g/mol. The number of halogens is 1. The molecule has 0 saturated carbocycles. The van der Waals surface area contributed by atoms with Crippen LogP contribution in [0.2, 0.25) is 0 Å². The molecule has 4 rings (SSSR count). The molecular formula is C20H15BrN4OS. The number of aromatic nitrogens is 4. The molecule has 2 aromatic heterocycles. The Hall–Kier alpha value is -2.64. The van der Waals surface area contributed by atoms with E-state index in [4.69, 9.17) is 0 Å². The number of hydrogen-bond acceptors (Lipinski definition) is 4. The molecule has 134 valence electrons. The quantitative estimate of drug-likeness (QED) is 0.428. The van der Waals surface area contributed by atoms with Gasteiger partial charge in [0.1, 0.15) is 0 Å². The molecule has 0 aliphatic carbocycles. The fraction of sp³-hybridized carbons (Fsp3) is 0.0500. The molecule has 0 radical (unpaired) electrons. The molecule has 0 atom stereocenters. The van der Waals surface area contributed by atoms with E-state index in [0.717, 1.165) is 21.5 Å². The van der Waals surface area contributed by atoms with Gasteiger partial charge in [-0.3, -0.25) is 13.8 Å². The molecule has 0 unspecified atom stereocenters. The monoisotopic (exact) mass is 438 g/mol. The third-order valence-electron chi connectivity index (χ3n) is 4.13. The van der Waals surface area contributed by atoms with Crippen LogP contribution in [-0.4, -0.2) is 19.2 Å². The standard InChI is InChI=1S/C20H15BrN4OS/c1-2-14-3-5-15(6-4-14)13-27-20-23-22-18-19(26)24(11-12-25(18)20)17-9-7-16(21)8-10-17/h2-12H,1,13H2. The van der Waals surface area contributed by atoms with Crippen LogP contribution in [0.15, 0.2) is 81.9 Å². The van der Waals surface area contributed by atoms with E-state index < -0.39 is 0 Å². The first-order valence-electron chi connectivity index (χ1n) is 8.22. The van der Waals surface area contributed by atoms with Crippen LogP contribution in [0.1, 0.15) is 11.1 Å². The lowest BCUT2D eigenvalue weighted by Gasteiger charge is -2.06. The second-order valence-corrected chi connectivity index (χ2v) is 7.72. The Morgan fingerprint density at radius 1 is 1.04 bits per heavy atom. The minimum Gasteiger partial charge on any atom is -0.280 e. The second-order valence-electron chi connectivity index (χ2n) is 5.86. The second kappa shape index (κ2) is 7.54. The predicted octanol–water partition coefficient (Wildman–Crippen LogP) is 4.58. The summed E-state index contributed by atoms with van der Waals surface area (Å²) in [4.78, 5) is 12.8. The summed E-state index contributed by atoms with van der Waals surface area (Å²) in [5.74, 6) is 0.744. The maximum absolute atomic E-state index is 12.8. The van der Waals surface area contributed by atoms with Gasteiger partial charge in [-0.25, -0.2) is 0 Å². The van der Waals surface area contributed by atoms with Crippen molar-refractivity contribution >= 4 is 39.4 Å². The molecule has 2 heterocycles. The number of thioether (sulfide) groups is 1. The van der Waals surface area contributed by atoms with Crippen molar-refractivity contribution < 1.29 is 0 Å². The third kappa shape index (κ3) is 3.61. The Morgan fingerprint density at radius 2 is 1.78 bits per heavy atom. The summed E-state index contributed by atoms with van der Waals surface area (Å²) in [6, 6.07) is 15.7. The van der Waals surface area contributed by atoms with Crippen LogP contribution in [0.3, 0.4) is 0 Å². The van der Waals surface area contributed by atoms with E-state index in [9.17, 15) is 4.79 Å². The highest BCUT2D eigenvalue weighted by molar-refractivity contribution is 9.10. The van der Waals surface area contributed by atoms with E-state index >= 15 is 0 Å². The molecule has 27 heavy (non-hydrogen) atoms. The van der Waals surface area contributed by atoms with Gasteiger partial charge in [-0.15, -0.1) is 10.2 Å².